The number of aryl methyl sites for hydroxylation is 1. The topological polar surface area (TPSA) is 88.0 Å². The van der Waals surface area contributed by atoms with Crippen molar-refractivity contribution in [3.8, 4) is 5.69 Å². The molecule has 1 amide bonds. The molecule has 0 radical (unpaired) electrons. The monoisotopic (exact) mass is 370 g/mol. The van der Waals surface area contributed by atoms with Crippen LogP contribution < -0.4 is 15.5 Å². The van der Waals surface area contributed by atoms with E-state index in [2.05, 4.69) is 20.4 Å². The van der Waals surface area contributed by atoms with E-state index in [0.717, 1.165) is 0 Å². The molecule has 1 aliphatic heterocycles. The maximum atomic E-state index is 14.8. The van der Waals surface area contributed by atoms with Crippen molar-refractivity contribution in [2.75, 3.05) is 24.2 Å². The van der Waals surface area contributed by atoms with Crippen molar-refractivity contribution in [1.82, 2.24) is 25.1 Å². The highest BCUT2D eigenvalue weighted by Crippen LogP contribution is 2.39. The van der Waals surface area contributed by atoms with E-state index in [0.29, 0.717) is 35.3 Å². The van der Waals surface area contributed by atoms with Crippen molar-refractivity contribution < 1.29 is 13.3 Å². The number of amides is 1. The molecule has 138 valence electrons. The molecule has 0 saturated heterocycles. The number of carbonyl (C=O) groups is 1. The zero-order chi connectivity index (χ0) is 21.6. The molecular formula is C18H18FN7O. The lowest BCUT2D eigenvalue weighted by atomic mass is 10.1. The predicted octanol–water partition coefficient (Wildman–Crippen LogP) is 2.16. The van der Waals surface area contributed by atoms with E-state index in [9.17, 15) is 9.18 Å². The number of pyridine rings is 1. The van der Waals surface area contributed by atoms with Crippen LogP contribution in [0.2, 0.25) is 0 Å². The average Bonchev–Trinajstić information content (AvgIpc) is 3.02. The zero-order valence-electron chi connectivity index (χ0n) is 17.6. The highest BCUT2D eigenvalue weighted by molar-refractivity contribution is 6.00. The first kappa shape index (κ1) is 13.7. The highest BCUT2D eigenvalue weighted by Gasteiger charge is 2.28. The van der Waals surface area contributed by atoms with Crippen LogP contribution in [-0.4, -0.2) is 39.7 Å². The van der Waals surface area contributed by atoms with Gasteiger partial charge in [-0.3, -0.25) is 9.78 Å². The highest BCUT2D eigenvalue weighted by atomic mass is 19.1. The number of fused-ring (bicyclic) bond motifs is 3. The fraction of sp³-hybridized carbons (Fsp3) is 0.222. The second kappa shape index (κ2) is 6.35. The molecule has 0 aliphatic carbocycles. The summed E-state index contributed by atoms with van der Waals surface area (Å²) in [6.45, 7) is -0.493. The molecule has 1 aliphatic rings. The van der Waals surface area contributed by atoms with Crippen LogP contribution in [0.25, 0.3) is 5.69 Å². The molecule has 2 N–H and O–H groups in total. The van der Waals surface area contributed by atoms with Gasteiger partial charge >= 0.3 is 0 Å². The van der Waals surface area contributed by atoms with Crippen LogP contribution in [-0.2, 0) is 6.54 Å². The van der Waals surface area contributed by atoms with E-state index in [1.807, 2.05) is 10.2 Å². The minimum atomic E-state index is -2.64. The van der Waals surface area contributed by atoms with E-state index < -0.39 is 18.7 Å². The van der Waals surface area contributed by atoms with Crippen LogP contribution in [0.4, 0.5) is 21.5 Å². The molecule has 3 heterocycles. The summed E-state index contributed by atoms with van der Waals surface area (Å²) < 4.78 is 38.0. The smallest absolute Gasteiger partial charge is 0.254 e. The lowest BCUT2D eigenvalue weighted by Gasteiger charge is -2.30. The molecule has 0 saturated carbocycles. The molecule has 4 rings (SSSR count). The first-order valence-electron chi connectivity index (χ1n) is 9.64. The Hall–Kier alpha value is -3.49. The van der Waals surface area contributed by atoms with Gasteiger partial charge in [0, 0.05) is 30.5 Å². The van der Waals surface area contributed by atoms with E-state index >= 15 is 0 Å². The van der Waals surface area contributed by atoms with E-state index in [1.54, 1.807) is 20.0 Å². The van der Waals surface area contributed by atoms with Crippen LogP contribution in [0.15, 0.2) is 30.6 Å². The molecule has 0 unspecified atom stereocenters. The fourth-order valence-corrected chi connectivity index (χ4v) is 3.17. The number of nitrogens with one attached hydrogen (secondary N) is 2. The first-order chi connectivity index (χ1) is 14.1. The SMILES string of the molecule is [2H]C([2H])([2H])NC(=O)c1cnccc1Nc1ccc(F)c2c1N(C)Cc1nc(C)nn1-2. The molecule has 0 bridgehead atoms. The summed E-state index contributed by atoms with van der Waals surface area (Å²) in [6.07, 6.45) is 2.73. The summed E-state index contributed by atoms with van der Waals surface area (Å²) in [5, 5.41) is 9.35. The standard InChI is InChI=1S/C18H18FN7O/c1-10-22-15-9-25(3)17-14(5-4-12(19)16(17)26(15)24-10)23-13-6-7-21-8-11(13)18(27)20-2/h4-8H,9H2,1-3H3,(H,20,27)(H,21,23)/i2D3. The lowest BCUT2D eigenvalue weighted by Crippen LogP contribution is -2.28. The number of benzene rings is 1. The van der Waals surface area contributed by atoms with Gasteiger partial charge in [-0.1, -0.05) is 0 Å². The van der Waals surface area contributed by atoms with Crippen LogP contribution in [0.1, 0.15) is 26.1 Å². The summed E-state index contributed by atoms with van der Waals surface area (Å²) >= 11 is 0. The summed E-state index contributed by atoms with van der Waals surface area (Å²) in [6, 6.07) is 4.38. The van der Waals surface area contributed by atoms with Crippen molar-refractivity contribution in [2.24, 2.45) is 0 Å². The number of halogens is 1. The Morgan fingerprint density at radius 3 is 2.96 bits per heavy atom. The van der Waals surface area contributed by atoms with Gasteiger partial charge in [0.2, 0.25) is 0 Å². The third-order valence-electron chi connectivity index (χ3n) is 4.30. The summed E-state index contributed by atoms with van der Waals surface area (Å²) in [5.74, 6) is -0.130. The number of rotatable bonds is 3. The number of carbonyl (C=O) groups excluding carboxylic acids is 1. The van der Waals surface area contributed by atoms with Crippen LogP contribution in [0, 0.1) is 12.7 Å². The third kappa shape index (κ3) is 2.77. The molecule has 1 aromatic carbocycles. The lowest BCUT2D eigenvalue weighted by molar-refractivity contribution is 0.0963. The Balaban J connectivity index is 1.78. The van der Waals surface area contributed by atoms with Gasteiger partial charge in [-0.15, -0.1) is 0 Å². The van der Waals surface area contributed by atoms with Gasteiger partial charge in [-0.25, -0.2) is 14.1 Å². The van der Waals surface area contributed by atoms with E-state index in [4.69, 9.17) is 4.11 Å². The van der Waals surface area contributed by atoms with Gasteiger partial charge in [0.05, 0.1) is 29.2 Å². The van der Waals surface area contributed by atoms with Gasteiger partial charge in [0.1, 0.15) is 11.5 Å². The Morgan fingerprint density at radius 1 is 1.30 bits per heavy atom. The number of hydrogen-bond donors (Lipinski definition) is 2. The molecular weight excluding hydrogens is 349 g/mol. The average molecular weight is 370 g/mol. The Labute approximate surface area is 159 Å². The molecule has 0 spiro atoms. The minimum Gasteiger partial charge on any atom is -0.364 e. The van der Waals surface area contributed by atoms with E-state index in [1.165, 1.54) is 29.2 Å². The van der Waals surface area contributed by atoms with Crippen molar-refractivity contribution >= 4 is 23.0 Å². The number of nitrogens with zero attached hydrogens (tertiary/aromatic N) is 5. The third-order valence-corrected chi connectivity index (χ3v) is 4.30. The summed E-state index contributed by atoms with van der Waals surface area (Å²) in [5.41, 5.74) is 1.66. The van der Waals surface area contributed by atoms with E-state index in [-0.39, 0.29) is 11.3 Å². The zero-order valence-corrected chi connectivity index (χ0v) is 14.6. The molecule has 0 fully saturated rings. The molecule has 2 aromatic heterocycles. The Bertz CT molecular complexity index is 1150. The summed E-state index contributed by atoms with van der Waals surface area (Å²) in [7, 11) is 1.80. The predicted molar refractivity (Wildman–Crippen MR) is 99.1 cm³/mol. The van der Waals surface area contributed by atoms with Gasteiger partial charge < -0.3 is 15.5 Å². The number of anilines is 3. The molecule has 9 heteroatoms. The van der Waals surface area contributed by atoms with Crippen molar-refractivity contribution in [3.05, 3.63) is 53.6 Å². The number of hydrogen-bond acceptors (Lipinski definition) is 6. The van der Waals surface area contributed by atoms with Crippen LogP contribution in [0.5, 0.6) is 0 Å². The second-order valence-electron chi connectivity index (χ2n) is 6.14. The molecule has 27 heavy (non-hydrogen) atoms. The maximum absolute atomic E-state index is 14.8. The summed E-state index contributed by atoms with van der Waals surface area (Å²) in [4.78, 5) is 22.5. The first-order valence-corrected chi connectivity index (χ1v) is 8.14. The second-order valence-corrected chi connectivity index (χ2v) is 6.14. The molecule has 0 atom stereocenters. The van der Waals surface area contributed by atoms with Gasteiger partial charge in [0.25, 0.3) is 5.91 Å². The van der Waals surface area contributed by atoms with Gasteiger partial charge in [-0.2, -0.15) is 5.10 Å². The van der Waals surface area contributed by atoms with Crippen LogP contribution >= 0.6 is 0 Å². The van der Waals surface area contributed by atoms with Crippen LogP contribution in [0.3, 0.4) is 0 Å². The Kier molecular flexibility index (Phi) is 3.22. The van der Waals surface area contributed by atoms with Crippen molar-refractivity contribution in [1.29, 1.82) is 0 Å². The minimum absolute atomic E-state index is 0.0439. The van der Waals surface area contributed by atoms with Gasteiger partial charge in [0.15, 0.2) is 11.6 Å². The normalized spacial score (nSPS) is 14.5. The molecule has 8 nitrogen and oxygen atoms in total. The number of aromatic nitrogens is 4. The maximum Gasteiger partial charge on any atom is 0.254 e. The van der Waals surface area contributed by atoms with Crippen molar-refractivity contribution in [3.63, 3.8) is 0 Å². The van der Waals surface area contributed by atoms with Crippen molar-refractivity contribution in [2.45, 2.75) is 13.5 Å². The Morgan fingerprint density at radius 2 is 2.15 bits per heavy atom. The molecule has 3 aromatic rings. The van der Waals surface area contributed by atoms with Gasteiger partial charge in [-0.05, 0) is 25.1 Å². The quantitative estimate of drug-likeness (QED) is 0.735. The fourth-order valence-electron chi connectivity index (χ4n) is 3.17. The largest absolute Gasteiger partial charge is 0.364 e.